The highest BCUT2D eigenvalue weighted by Crippen LogP contribution is 2.27. The summed E-state index contributed by atoms with van der Waals surface area (Å²) in [7, 11) is 3.36. The molecule has 0 aliphatic heterocycles. The molecule has 0 aromatic carbocycles. The Hall–Kier alpha value is -1.65. The highest BCUT2D eigenvalue weighted by molar-refractivity contribution is 5.70. The quantitative estimate of drug-likeness (QED) is 0.728. The molecular formula is C12H17N3O2. The normalized spacial score (nSPS) is 13.3. The first-order valence-electron chi connectivity index (χ1n) is 5.83. The van der Waals surface area contributed by atoms with E-state index in [2.05, 4.69) is 14.7 Å². The fraction of sp³-hybridized carbons (Fsp3) is 0.583. The minimum atomic E-state index is -0.192. The first kappa shape index (κ1) is 11.8. The number of anilines is 1. The van der Waals surface area contributed by atoms with E-state index >= 15 is 0 Å². The molecule has 17 heavy (non-hydrogen) atoms. The van der Waals surface area contributed by atoms with E-state index in [-0.39, 0.29) is 5.97 Å². The van der Waals surface area contributed by atoms with E-state index in [1.54, 1.807) is 6.33 Å². The third kappa shape index (κ3) is 2.54. The van der Waals surface area contributed by atoms with E-state index in [1.165, 1.54) is 12.7 Å². The fourth-order valence-electron chi connectivity index (χ4n) is 2.14. The number of carbonyl (C=O) groups excluding carboxylic acids is 1. The average molecular weight is 235 g/mol. The van der Waals surface area contributed by atoms with Crippen molar-refractivity contribution in [1.82, 2.24) is 9.97 Å². The van der Waals surface area contributed by atoms with Crippen molar-refractivity contribution >= 4 is 11.8 Å². The van der Waals surface area contributed by atoms with Gasteiger partial charge in [0.1, 0.15) is 12.1 Å². The van der Waals surface area contributed by atoms with Gasteiger partial charge in [-0.15, -0.1) is 0 Å². The van der Waals surface area contributed by atoms with Crippen LogP contribution in [0.1, 0.15) is 24.1 Å². The van der Waals surface area contributed by atoms with Crippen LogP contribution in [0.4, 0.5) is 5.82 Å². The molecule has 2 rings (SSSR count). The van der Waals surface area contributed by atoms with E-state index in [9.17, 15) is 4.79 Å². The summed E-state index contributed by atoms with van der Waals surface area (Å²) in [6, 6.07) is 0. The average Bonchev–Trinajstić information content (AvgIpc) is 2.83. The summed E-state index contributed by atoms with van der Waals surface area (Å²) >= 11 is 0. The Morgan fingerprint density at radius 1 is 1.47 bits per heavy atom. The number of hydrogen-bond donors (Lipinski definition) is 0. The molecule has 1 heterocycles. The summed E-state index contributed by atoms with van der Waals surface area (Å²) in [4.78, 5) is 21.7. The molecule has 1 aromatic rings. The van der Waals surface area contributed by atoms with E-state index in [1.807, 2.05) is 11.9 Å². The summed E-state index contributed by atoms with van der Waals surface area (Å²) in [6.07, 6.45) is 5.20. The highest BCUT2D eigenvalue weighted by Gasteiger charge is 2.19. The Morgan fingerprint density at radius 2 is 2.29 bits per heavy atom. The summed E-state index contributed by atoms with van der Waals surface area (Å²) in [5.74, 6) is 0.763. The van der Waals surface area contributed by atoms with Crippen molar-refractivity contribution in [2.45, 2.75) is 25.7 Å². The second kappa shape index (κ2) is 5.12. The summed E-state index contributed by atoms with van der Waals surface area (Å²) in [5.41, 5.74) is 2.39. The van der Waals surface area contributed by atoms with Gasteiger partial charge in [0, 0.05) is 24.8 Å². The van der Waals surface area contributed by atoms with Crippen molar-refractivity contribution in [3.05, 3.63) is 17.6 Å². The highest BCUT2D eigenvalue weighted by atomic mass is 16.5. The molecule has 0 spiro atoms. The van der Waals surface area contributed by atoms with Gasteiger partial charge in [-0.05, 0) is 19.3 Å². The summed E-state index contributed by atoms with van der Waals surface area (Å²) in [5, 5.41) is 0. The van der Waals surface area contributed by atoms with Crippen LogP contribution in [0.3, 0.4) is 0 Å². The number of aromatic nitrogens is 2. The zero-order valence-corrected chi connectivity index (χ0v) is 10.3. The van der Waals surface area contributed by atoms with Gasteiger partial charge in [0.2, 0.25) is 0 Å². The molecule has 1 aliphatic rings. The number of methoxy groups -OCH3 is 1. The van der Waals surface area contributed by atoms with Crippen LogP contribution in [0.15, 0.2) is 6.33 Å². The van der Waals surface area contributed by atoms with E-state index < -0.39 is 0 Å². The lowest BCUT2D eigenvalue weighted by molar-refractivity contribution is -0.140. The van der Waals surface area contributed by atoms with Gasteiger partial charge in [-0.25, -0.2) is 9.97 Å². The number of nitrogens with zero attached hydrogens (tertiary/aromatic N) is 3. The Kier molecular flexibility index (Phi) is 3.56. The zero-order valence-electron chi connectivity index (χ0n) is 10.3. The Bertz CT molecular complexity index is 420. The van der Waals surface area contributed by atoms with Gasteiger partial charge in [-0.2, -0.15) is 0 Å². The van der Waals surface area contributed by atoms with Crippen LogP contribution >= 0.6 is 0 Å². The molecule has 0 amide bonds. The molecule has 0 atom stereocenters. The van der Waals surface area contributed by atoms with Crippen LogP contribution in [0, 0.1) is 0 Å². The van der Waals surface area contributed by atoms with E-state index in [0.29, 0.717) is 13.0 Å². The summed E-state index contributed by atoms with van der Waals surface area (Å²) in [6.45, 7) is 0.621. The number of aryl methyl sites for hydroxylation is 1. The molecule has 1 aromatic heterocycles. The van der Waals surface area contributed by atoms with Gasteiger partial charge in [0.05, 0.1) is 13.5 Å². The van der Waals surface area contributed by atoms with Gasteiger partial charge < -0.3 is 9.64 Å². The molecule has 0 N–H and O–H groups in total. The number of rotatable bonds is 4. The molecule has 5 nitrogen and oxygen atoms in total. The fourth-order valence-corrected chi connectivity index (χ4v) is 2.14. The van der Waals surface area contributed by atoms with Crippen molar-refractivity contribution < 1.29 is 9.53 Å². The second-order valence-corrected chi connectivity index (χ2v) is 4.22. The largest absolute Gasteiger partial charge is 0.469 e. The van der Waals surface area contributed by atoms with Crippen molar-refractivity contribution in [1.29, 1.82) is 0 Å². The lowest BCUT2D eigenvalue weighted by atomic mass is 10.2. The minimum Gasteiger partial charge on any atom is -0.469 e. The first-order valence-corrected chi connectivity index (χ1v) is 5.83. The Labute approximate surface area is 101 Å². The standard InChI is InChI=1S/C12H17N3O2/c1-15(7-6-11(16)17-2)12-9-4-3-5-10(9)13-8-14-12/h8H,3-7H2,1-2H3. The maximum absolute atomic E-state index is 11.1. The SMILES string of the molecule is COC(=O)CCN(C)c1ncnc2c1CCC2. The molecule has 0 saturated carbocycles. The monoisotopic (exact) mass is 235 g/mol. The Morgan fingerprint density at radius 3 is 3.06 bits per heavy atom. The van der Waals surface area contributed by atoms with Gasteiger partial charge in [-0.3, -0.25) is 4.79 Å². The smallest absolute Gasteiger partial charge is 0.307 e. The number of ether oxygens (including phenoxy) is 1. The minimum absolute atomic E-state index is 0.192. The maximum Gasteiger partial charge on any atom is 0.307 e. The van der Waals surface area contributed by atoms with Crippen LogP contribution in [0.2, 0.25) is 0 Å². The number of esters is 1. The third-order valence-electron chi connectivity index (χ3n) is 3.09. The third-order valence-corrected chi connectivity index (χ3v) is 3.09. The van der Waals surface area contributed by atoms with Crippen LogP contribution in [-0.4, -0.2) is 36.6 Å². The van der Waals surface area contributed by atoms with Gasteiger partial charge in [0.25, 0.3) is 0 Å². The van der Waals surface area contributed by atoms with Crippen molar-refractivity contribution in [3.63, 3.8) is 0 Å². The van der Waals surface area contributed by atoms with Crippen LogP contribution in [0.5, 0.6) is 0 Å². The van der Waals surface area contributed by atoms with E-state index in [4.69, 9.17) is 0 Å². The lowest BCUT2D eigenvalue weighted by Crippen LogP contribution is -2.24. The van der Waals surface area contributed by atoms with Crippen LogP contribution < -0.4 is 4.90 Å². The molecular weight excluding hydrogens is 218 g/mol. The predicted octanol–water partition coefficient (Wildman–Crippen LogP) is 0.965. The molecule has 0 fully saturated rings. The van der Waals surface area contributed by atoms with Crippen molar-refractivity contribution in [2.24, 2.45) is 0 Å². The predicted molar refractivity (Wildman–Crippen MR) is 64.0 cm³/mol. The number of fused-ring (bicyclic) bond motifs is 1. The molecule has 1 aliphatic carbocycles. The lowest BCUT2D eigenvalue weighted by Gasteiger charge is -2.19. The number of hydrogen-bond acceptors (Lipinski definition) is 5. The van der Waals surface area contributed by atoms with Crippen molar-refractivity contribution in [3.8, 4) is 0 Å². The zero-order chi connectivity index (χ0) is 12.3. The number of carbonyl (C=O) groups is 1. The molecule has 0 saturated heterocycles. The second-order valence-electron chi connectivity index (χ2n) is 4.22. The topological polar surface area (TPSA) is 55.3 Å². The van der Waals surface area contributed by atoms with Crippen molar-refractivity contribution in [2.75, 3.05) is 25.6 Å². The molecule has 92 valence electrons. The molecule has 0 radical (unpaired) electrons. The molecule has 0 bridgehead atoms. The Balaban J connectivity index is 2.07. The molecule has 5 heteroatoms. The molecule has 0 unspecified atom stereocenters. The van der Waals surface area contributed by atoms with Gasteiger partial charge >= 0.3 is 5.97 Å². The van der Waals surface area contributed by atoms with E-state index in [0.717, 1.165) is 30.8 Å². The first-order chi connectivity index (χ1) is 8.22. The van der Waals surface area contributed by atoms with Crippen LogP contribution in [-0.2, 0) is 22.4 Å². The van der Waals surface area contributed by atoms with Crippen LogP contribution in [0.25, 0.3) is 0 Å². The maximum atomic E-state index is 11.1. The van der Waals surface area contributed by atoms with Gasteiger partial charge in [0.15, 0.2) is 0 Å². The van der Waals surface area contributed by atoms with Gasteiger partial charge in [-0.1, -0.05) is 0 Å². The summed E-state index contributed by atoms with van der Waals surface area (Å²) < 4.78 is 4.63.